The first kappa shape index (κ1) is 29.2. The molecule has 1 amide bonds. The van der Waals surface area contributed by atoms with E-state index in [2.05, 4.69) is 39.2 Å². The van der Waals surface area contributed by atoms with E-state index < -0.39 is 5.91 Å². The van der Waals surface area contributed by atoms with Crippen molar-refractivity contribution in [3.63, 3.8) is 0 Å². The molecule has 0 bridgehead atoms. The molecule has 0 atom stereocenters. The summed E-state index contributed by atoms with van der Waals surface area (Å²) in [6.07, 6.45) is 7.16. The van der Waals surface area contributed by atoms with E-state index in [9.17, 15) is 4.79 Å². The lowest BCUT2D eigenvalue weighted by Gasteiger charge is -2.23. The molecule has 37 heavy (non-hydrogen) atoms. The molecule has 0 aliphatic rings. The lowest BCUT2D eigenvalue weighted by Crippen LogP contribution is -2.26. The summed E-state index contributed by atoms with van der Waals surface area (Å²) < 4.78 is 5.98. The summed E-state index contributed by atoms with van der Waals surface area (Å²) in [6.45, 7) is 10.6. The summed E-state index contributed by atoms with van der Waals surface area (Å²) >= 11 is 0. The molecule has 0 fully saturated rings. The van der Waals surface area contributed by atoms with Gasteiger partial charge in [0.1, 0.15) is 5.82 Å². The van der Waals surface area contributed by atoms with Crippen LogP contribution in [0.25, 0.3) is 0 Å². The number of ether oxygens (including phenoxy) is 1. The SMILES string of the molecule is CC.CCCCN(CCC)c1cc(OCCc2ccccn2)nc(/C=N/Nc2cccc(C(N)=O)c2)n1. The van der Waals surface area contributed by atoms with Crippen LogP contribution in [-0.2, 0) is 6.42 Å². The van der Waals surface area contributed by atoms with Crippen LogP contribution < -0.4 is 20.8 Å². The second kappa shape index (κ2) is 16.6. The maximum atomic E-state index is 11.4. The van der Waals surface area contributed by atoms with Crippen molar-refractivity contribution in [2.75, 3.05) is 30.0 Å². The number of nitrogens with zero attached hydrogens (tertiary/aromatic N) is 5. The van der Waals surface area contributed by atoms with Crippen molar-refractivity contribution >= 4 is 23.6 Å². The highest BCUT2D eigenvalue weighted by Crippen LogP contribution is 2.19. The summed E-state index contributed by atoms with van der Waals surface area (Å²) in [7, 11) is 0. The Labute approximate surface area is 220 Å². The van der Waals surface area contributed by atoms with Crippen LogP contribution in [0, 0.1) is 0 Å². The number of primary amides is 1. The Morgan fingerprint density at radius 2 is 1.92 bits per heavy atom. The van der Waals surface area contributed by atoms with E-state index in [0.717, 1.165) is 43.9 Å². The molecule has 2 heterocycles. The molecule has 0 radical (unpaired) electrons. The molecule has 0 unspecified atom stereocenters. The molecule has 0 aliphatic carbocycles. The molecular weight excluding hydrogens is 466 g/mol. The lowest BCUT2D eigenvalue weighted by atomic mass is 10.2. The summed E-state index contributed by atoms with van der Waals surface area (Å²) in [6, 6.07) is 14.5. The van der Waals surface area contributed by atoms with E-state index in [1.807, 2.05) is 38.1 Å². The van der Waals surface area contributed by atoms with Crippen LogP contribution in [0.2, 0.25) is 0 Å². The predicted molar refractivity (Wildman–Crippen MR) is 150 cm³/mol. The molecule has 9 nitrogen and oxygen atoms in total. The van der Waals surface area contributed by atoms with Crippen molar-refractivity contribution in [2.24, 2.45) is 10.8 Å². The number of pyridine rings is 1. The molecule has 198 valence electrons. The Morgan fingerprint density at radius 1 is 1.08 bits per heavy atom. The van der Waals surface area contributed by atoms with Crippen LogP contribution in [0.15, 0.2) is 59.8 Å². The van der Waals surface area contributed by atoms with Crippen LogP contribution in [0.5, 0.6) is 5.88 Å². The predicted octanol–water partition coefficient (Wildman–Crippen LogP) is 5.08. The van der Waals surface area contributed by atoms with E-state index in [-0.39, 0.29) is 0 Å². The molecule has 3 rings (SSSR count). The third kappa shape index (κ3) is 10.2. The van der Waals surface area contributed by atoms with Gasteiger partial charge in [0.25, 0.3) is 0 Å². The molecule has 2 aromatic heterocycles. The van der Waals surface area contributed by atoms with Crippen molar-refractivity contribution in [2.45, 2.75) is 53.4 Å². The highest BCUT2D eigenvalue weighted by atomic mass is 16.5. The molecule has 3 aromatic rings. The van der Waals surface area contributed by atoms with Gasteiger partial charge in [-0.3, -0.25) is 15.2 Å². The fourth-order valence-corrected chi connectivity index (χ4v) is 3.40. The zero-order chi connectivity index (χ0) is 26.9. The number of unbranched alkanes of at least 4 members (excludes halogenated alkanes) is 1. The molecule has 0 saturated carbocycles. The first-order chi connectivity index (χ1) is 18.1. The van der Waals surface area contributed by atoms with Gasteiger partial charge in [0.05, 0.1) is 18.5 Å². The first-order valence-corrected chi connectivity index (χ1v) is 12.9. The minimum atomic E-state index is -0.496. The van der Waals surface area contributed by atoms with E-state index in [1.165, 1.54) is 6.21 Å². The van der Waals surface area contributed by atoms with Crippen LogP contribution in [0.1, 0.15) is 68.8 Å². The summed E-state index contributed by atoms with van der Waals surface area (Å²) in [5.41, 5.74) is 10.2. The maximum absolute atomic E-state index is 11.4. The average Bonchev–Trinajstić information content (AvgIpc) is 2.93. The third-order valence-electron chi connectivity index (χ3n) is 5.16. The number of anilines is 2. The number of nitrogens with one attached hydrogen (secondary N) is 1. The molecule has 0 spiro atoms. The minimum Gasteiger partial charge on any atom is -0.477 e. The second-order valence-corrected chi connectivity index (χ2v) is 8.00. The van der Waals surface area contributed by atoms with E-state index in [1.54, 1.807) is 30.5 Å². The molecular formula is C28H39N7O2. The van der Waals surface area contributed by atoms with Crippen molar-refractivity contribution in [1.82, 2.24) is 15.0 Å². The topological polar surface area (TPSA) is 119 Å². The van der Waals surface area contributed by atoms with Gasteiger partial charge >= 0.3 is 0 Å². The highest BCUT2D eigenvalue weighted by Gasteiger charge is 2.12. The maximum Gasteiger partial charge on any atom is 0.248 e. The zero-order valence-corrected chi connectivity index (χ0v) is 22.4. The van der Waals surface area contributed by atoms with E-state index in [0.29, 0.717) is 36.0 Å². The molecule has 0 saturated heterocycles. The summed E-state index contributed by atoms with van der Waals surface area (Å²) in [5.74, 6) is 1.22. The Bertz CT molecular complexity index is 1110. The van der Waals surface area contributed by atoms with E-state index in [4.69, 9.17) is 15.5 Å². The second-order valence-electron chi connectivity index (χ2n) is 8.00. The molecule has 0 aliphatic heterocycles. The number of hydrazone groups is 1. The van der Waals surface area contributed by atoms with Gasteiger partial charge in [-0.2, -0.15) is 10.1 Å². The summed E-state index contributed by atoms with van der Waals surface area (Å²) in [5, 5.41) is 4.25. The fourth-order valence-electron chi connectivity index (χ4n) is 3.40. The number of rotatable bonds is 14. The van der Waals surface area contributed by atoms with Gasteiger partial charge in [-0.25, -0.2) is 4.98 Å². The molecule has 9 heteroatoms. The monoisotopic (exact) mass is 505 g/mol. The Morgan fingerprint density at radius 3 is 2.62 bits per heavy atom. The normalized spacial score (nSPS) is 10.5. The number of nitrogens with two attached hydrogens (primary N) is 1. The number of carbonyl (C=O) groups excluding carboxylic acids is 1. The third-order valence-corrected chi connectivity index (χ3v) is 5.16. The number of aromatic nitrogens is 3. The Kier molecular flexibility index (Phi) is 13.1. The highest BCUT2D eigenvalue weighted by molar-refractivity contribution is 5.93. The van der Waals surface area contributed by atoms with Crippen molar-refractivity contribution in [3.8, 4) is 5.88 Å². The van der Waals surface area contributed by atoms with Crippen LogP contribution in [0.3, 0.4) is 0 Å². The zero-order valence-electron chi connectivity index (χ0n) is 22.4. The smallest absolute Gasteiger partial charge is 0.248 e. The van der Waals surface area contributed by atoms with Gasteiger partial charge in [-0.05, 0) is 43.2 Å². The first-order valence-electron chi connectivity index (χ1n) is 12.9. The lowest BCUT2D eigenvalue weighted by molar-refractivity contribution is 0.100. The molecule has 3 N–H and O–H groups in total. The van der Waals surface area contributed by atoms with Gasteiger partial charge < -0.3 is 15.4 Å². The van der Waals surface area contributed by atoms with Gasteiger partial charge in [-0.1, -0.05) is 46.2 Å². The van der Waals surface area contributed by atoms with Crippen molar-refractivity contribution in [3.05, 3.63) is 71.8 Å². The standard InChI is InChI=1S/C26H33N7O2.C2H6/c1-3-5-15-33(14-4-2)24-18-25(35-16-12-21-10-6-7-13-28-21)31-23(30-24)19-29-32-22-11-8-9-20(17-22)26(27)34;1-2/h6-11,13,17-19,32H,3-5,12,14-16H2,1-2H3,(H2,27,34);1-2H3/b29-19+;. The number of amides is 1. The van der Waals surface area contributed by atoms with Crippen LogP contribution >= 0.6 is 0 Å². The van der Waals surface area contributed by atoms with E-state index >= 15 is 0 Å². The number of benzene rings is 1. The van der Waals surface area contributed by atoms with Gasteiger partial charge in [0.2, 0.25) is 11.8 Å². The minimum absolute atomic E-state index is 0.401. The van der Waals surface area contributed by atoms with Gasteiger partial charge in [0.15, 0.2) is 5.82 Å². The van der Waals surface area contributed by atoms with Crippen LogP contribution in [0.4, 0.5) is 11.5 Å². The van der Waals surface area contributed by atoms with Crippen LogP contribution in [-0.4, -0.2) is 46.8 Å². The largest absolute Gasteiger partial charge is 0.477 e. The number of hydrogen-bond donors (Lipinski definition) is 2. The fraction of sp³-hybridized carbons (Fsp3) is 0.393. The summed E-state index contributed by atoms with van der Waals surface area (Å²) in [4.78, 5) is 27.2. The number of carbonyl (C=O) groups is 1. The van der Waals surface area contributed by atoms with Gasteiger partial charge in [0, 0.05) is 43.0 Å². The molecule has 1 aromatic carbocycles. The number of hydrogen-bond acceptors (Lipinski definition) is 8. The van der Waals surface area contributed by atoms with Crippen molar-refractivity contribution in [1.29, 1.82) is 0 Å². The van der Waals surface area contributed by atoms with Gasteiger partial charge in [-0.15, -0.1) is 0 Å². The quantitative estimate of drug-likeness (QED) is 0.232. The Hall–Kier alpha value is -4.01. The Balaban J connectivity index is 0.00000235. The van der Waals surface area contributed by atoms with Crippen molar-refractivity contribution < 1.29 is 9.53 Å². The average molecular weight is 506 g/mol.